The standard InChI is InChI=1S/C15H14/c1-10-7-8-12-9-11(2)13-5-3-4-6-14(13)15(10)12/h3-10H,1-2H3. The van der Waals surface area contributed by atoms with Gasteiger partial charge in [0.15, 0.2) is 0 Å². The zero-order chi connectivity index (χ0) is 10.4. The van der Waals surface area contributed by atoms with Crippen LogP contribution < -0.4 is 0 Å². The molecule has 0 heteroatoms. The van der Waals surface area contributed by atoms with Crippen molar-refractivity contribution in [3.63, 3.8) is 0 Å². The van der Waals surface area contributed by atoms with Crippen LogP contribution in [0, 0.1) is 6.92 Å². The zero-order valence-electron chi connectivity index (χ0n) is 9.12. The van der Waals surface area contributed by atoms with Gasteiger partial charge in [0.05, 0.1) is 0 Å². The summed E-state index contributed by atoms with van der Waals surface area (Å²) in [7, 11) is 0. The van der Waals surface area contributed by atoms with Crippen molar-refractivity contribution in [1.82, 2.24) is 0 Å². The number of hydrogen-bond acceptors (Lipinski definition) is 0. The van der Waals surface area contributed by atoms with E-state index in [4.69, 9.17) is 0 Å². The molecule has 0 amide bonds. The fraction of sp³-hybridized carbons (Fsp3) is 0.200. The van der Waals surface area contributed by atoms with Crippen molar-refractivity contribution in [1.29, 1.82) is 0 Å². The molecule has 2 aromatic rings. The summed E-state index contributed by atoms with van der Waals surface area (Å²) in [5.74, 6) is 0.561. The average Bonchev–Trinajstić information content (AvgIpc) is 2.61. The summed E-state index contributed by atoms with van der Waals surface area (Å²) in [5, 5.41) is 2.82. The largest absolute Gasteiger partial charge is 0.0766 e. The van der Waals surface area contributed by atoms with Crippen molar-refractivity contribution >= 4 is 16.8 Å². The molecule has 15 heavy (non-hydrogen) atoms. The van der Waals surface area contributed by atoms with Crippen LogP contribution in [0.3, 0.4) is 0 Å². The Kier molecular flexibility index (Phi) is 1.72. The normalized spacial score (nSPS) is 18.4. The van der Waals surface area contributed by atoms with Crippen LogP contribution in [-0.4, -0.2) is 0 Å². The number of allylic oxidation sites excluding steroid dienone is 1. The molecule has 0 bridgehead atoms. The summed E-state index contributed by atoms with van der Waals surface area (Å²) in [5.41, 5.74) is 4.28. The topological polar surface area (TPSA) is 0 Å². The third-order valence-electron chi connectivity index (χ3n) is 3.34. The molecule has 1 aliphatic carbocycles. The predicted molar refractivity (Wildman–Crippen MR) is 66.1 cm³/mol. The highest BCUT2D eigenvalue weighted by Crippen LogP contribution is 2.37. The van der Waals surface area contributed by atoms with Gasteiger partial charge < -0.3 is 0 Å². The van der Waals surface area contributed by atoms with Crippen LogP contribution in [0.5, 0.6) is 0 Å². The van der Waals surface area contributed by atoms with Gasteiger partial charge in [0, 0.05) is 5.92 Å². The summed E-state index contributed by atoms with van der Waals surface area (Å²) in [6.07, 6.45) is 4.54. The lowest BCUT2D eigenvalue weighted by Gasteiger charge is -2.11. The molecule has 0 saturated carbocycles. The zero-order valence-corrected chi connectivity index (χ0v) is 9.12. The van der Waals surface area contributed by atoms with Gasteiger partial charge in [-0.2, -0.15) is 0 Å². The second-order valence-electron chi connectivity index (χ2n) is 4.39. The van der Waals surface area contributed by atoms with Crippen molar-refractivity contribution in [3.8, 4) is 0 Å². The molecule has 0 heterocycles. The minimum Gasteiger partial charge on any atom is -0.0766 e. The third-order valence-corrected chi connectivity index (χ3v) is 3.34. The molecular formula is C15H14. The number of benzene rings is 2. The number of fused-ring (bicyclic) bond motifs is 3. The van der Waals surface area contributed by atoms with Crippen molar-refractivity contribution in [2.24, 2.45) is 0 Å². The summed E-state index contributed by atoms with van der Waals surface area (Å²) >= 11 is 0. The summed E-state index contributed by atoms with van der Waals surface area (Å²) in [6.45, 7) is 4.46. The van der Waals surface area contributed by atoms with Gasteiger partial charge in [-0.05, 0) is 34.4 Å². The van der Waals surface area contributed by atoms with E-state index in [0.717, 1.165) is 0 Å². The molecule has 0 saturated heterocycles. The number of hydrogen-bond donors (Lipinski definition) is 0. The smallest absolute Gasteiger partial charge is 0.000499 e. The first-order valence-corrected chi connectivity index (χ1v) is 5.48. The average molecular weight is 194 g/mol. The molecule has 0 aromatic heterocycles. The fourth-order valence-electron chi connectivity index (χ4n) is 2.60. The van der Waals surface area contributed by atoms with E-state index in [9.17, 15) is 0 Å². The first-order chi connectivity index (χ1) is 7.27. The van der Waals surface area contributed by atoms with E-state index in [-0.39, 0.29) is 0 Å². The van der Waals surface area contributed by atoms with E-state index in [2.05, 4.69) is 56.3 Å². The van der Waals surface area contributed by atoms with E-state index in [1.807, 2.05) is 0 Å². The lowest BCUT2D eigenvalue weighted by molar-refractivity contribution is 1.00. The Labute approximate surface area is 90.2 Å². The highest BCUT2D eigenvalue weighted by atomic mass is 14.2. The molecule has 1 unspecified atom stereocenters. The molecule has 1 atom stereocenters. The van der Waals surface area contributed by atoms with E-state index in [1.165, 1.54) is 27.5 Å². The van der Waals surface area contributed by atoms with Gasteiger partial charge in [-0.25, -0.2) is 0 Å². The summed E-state index contributed by atoms with van der Waals surface area (Å²) < 4.78 is 0. The molecule has 3 rings (SSSR count). The quantitative estimate of drug-likeness (QED) is 0.587. The van der Waals surface area contributed by atoms with Crippen LogP contribution in [0.25, 0.3) is 16.8 Å². The van der Waals surface area contributed by atoms with E-state index in [0.29, 0.717) is 5.92 Å². The van der Waals surface area contributed by atoms with Crippen molar-refractivity contribution in [2.75, 3.05) is 0 Å². The molecule has 0 fully saturated rings. The highest BCUT2D eigenvalue weighted by molar-refractivity contribution is 5.93. The van der Waals surface area contributed by atoms with Crippen LogP contribution in [0.15, 0.2) is 36.4 Å². The van der Waals surface area contributed by atoms with Crippen molar-refractivity contribution in [3.05, 3.63) is 53.1 Å². The van der Waals surface area contributed by atoms with Crippen LogP contribution in [-0.2, 0) is 0 Å². The van der Waals surface area contributed by atoms with Gasteiger partial charge in [0.25, 0.3) is 0 Å². The molecular weight excluding hydrogens is 180 g/mol. The minimum absolute atomic E-state index is 0.561. The SMILES string of the molecule is Cc1cc2c(c3ccccc13)C(C)C=C2. The molecule has 74 valence electrons. The first kappa shape index (κ1) is 8.72. The van der Waals surface area contributed by atoms with Crippen LogP contribution in [0.4, 0.5) is 0 Å². The number of rotatable bonds is 0. The van der Waals surface area contributed by atoms with Crippen molar-refractivity contribution in [2.45, 2.75) is 19.8 Å². The first-order valence-electron chi connectivity index (χ1n) is 5.48. The highest BCUT2D eigenvalue weighted by Gasteiger charge is 2.16. The van der Waals surface area contributed by atoms with Gasteiger partial charge in [-0.1, -0.05) is 49.4 Å². The maximum Gasteiger partial charge on any atom is 0.000499 e. The van der Waals surface area contributed by atoms with Gasteiger partial charge in [-0.15, -0.1) is 0 Å². The Bertz CT molecular complexity index is 562. The van der Waals surface area contributed by atoms with Gasteiger partial charge in [0.1, 0.15) is 0 Å². The Morgan fingerprint density at radius 1 is 1.07 bits per heavy atom. The third kappa shape index (κ3) is 1.14. The maximum absolute atomic E-state index is 2.30. The molecule has 0 N–H and O–H groups in total. The summed E-state index contributed by atoms with van der Waals surface area (Å²) in [6, 6.07) is 11.0. The Morgan fingerprint density at radius 2 is 1.80 bits per heavy atom. The predicted octanol–water partition coefficient (Wildman–Crippen LogP) is 4.28. The van der Waals surface area contributed by atoms with Crippen LogP contribution in [0.2, 0.25) is 0 Å². The molecule has 0 aliphatic heterocycles. The molecule has 0 nitrogen and oxygen atoms in total. The molecule has 2 aromatic carbocycles. The van der Waals surface area contributed by atoms with E-state index >= 15 is 0 Å². The van der Waals surface area contributed by atoms with Gasteiger partial charge in [-0.3, -0.25) is 0 Å². The second-order valence-corrected chi connectivity index (χ2v) is 4.39. The Morgan fingerprint density at radius 3 is 2.60 bits per heavy atom. The molecule has 0 radical (unpaired) electrons. The lowest BCUT2D eigenvalue weighted by Crippen LogP contribution is -1.91. The van der Waals surface area contributed by atoms with Crippen LogP contribution >= 0.6 is 0 Å². The Balaban J connectivity index is 2.48. The number of aryl methyl sites for hydroxylation is 1. The lowest BCUT2D eigenvalue weighted by atomic mass is 9.92. The molecule has 1 aliphatic rings. The second kappa shape index (κ2) is 2.96. The van der Waals surface area contributed by atoms with Crippen LogP contribution in [0.1, 0.15) is 29.5 Å². The maximum atomic E-state index is 2.30. The van der Waals surface area contributed by atoms with Crippen molar-refractivity contribution < 1.29 is 0 Å². The monoisotopic (exact) mass is 194 g/mol. The van der Waals surface area contributed by atoms with Gasteiger partial charge in [0.2, 0.25) is 0 Å². The van der Waals surface area contributed by atoms with E-state index < -0.39 is 0 Å². The van der Waals surface area contributed by atoms with E-state index in [1.54, 1.807) is 0 Å². The Hall–Kier alpha value is -1.56. The fourth-order valence-corrected chi connectivity index (χ4v) is 2.60. The molecule has 0 spiro atoms. The van der Waals surface area contributed by atoms with Gasteiger partial charge >= 0.3 is 0 Å². The summed E-state index contributed by atoms with van der Waals surface area (Å²) in [4.78, 5) is 0. The minimum atomic E-state index is 0.561.